The quantitative estimate of drug-likeness (QED) is 0.286. The molecule has 0 aliphatic heterocycles. The highest BCUT2D eigenvalue weighted by Gasteiger charge is 2.29. The van der Waals surface area contributed by atoms with Crippen molar-refractivity contribution < 1.29 is 22.7 Å². The van der Waals surface area contributed by atoms with Crippen molar-refractivity contribution in [2.24, 2.45) is 0 Å². The number of rotatable bonds is 12. The highest BCUT2D eigenvalue weighted by molar-refractivity contribution is 7.89. The summed E-state index contributed by atoms with van der Waals surface area (Å²) in [6, 6.07) is 10.4. The molecule has 0 saturated heterocycles. The molecule has 10 heteroatoms. The number of ketones is 1. The first-order chi connectivity index (χ1) is 15.8. The number of carbonyl (C=O) groups is 2. The molecular weight excluding hydrogens is 462 g/mol. The van der Waals surface area contributed by atoms with E-state index in [0.29, 0.717) is 25.1 Å². The topological polar surface area (TPSA) is 118 Å². The molecule has 0 fully saturated rings. The second-order valence-corrected chi connectivity index (χ2v) is 10.2. The Morgan fingerprint density at radius 3 is 2.61 bits per heavy atom. The number of Topliss-reactive ketones (excluding diaryl/α,β-unsaturated/α-hetero) is 1. The van der Waals surface area contributed by atoms with Crippen molar-refractivity contribution >= 4 is 33.1 Å². The van der Waals surface area contributed by atoms with Gasteiger partial charge in [-0.25, -0.2) is 22.9 Å². The van der Waals surface area contributed by atoms with Gasteiger partial charge in [-0.2, -0.15) is 0 Å². The van der Waals surface area contributed by atoms with Crippen molar-refractivity contribution in [1.82, 2.24) is 14.7 Å². The fraction of sp³-hybridized carbons (Fsp3) is 0.348. The molecule has 0 amide bonds. The summed E-state index contributed by atoms with van der Waals surface area (Å²) in [4.78, 5) is 30.8. The van der Waals surface area contributed by atoms with E-state index in [0.717, 1.165) is 35.4 Å². The van der Waals surface area contributed by atoms with Gasteiger partial charge in [0.05, 0.1) is 25.0 Å². The first kappa shape index (κ1) is 24.8. The van der Waals surface area contributed by atoms with Crippen molar-refractivity contribution in [2.45, 2.75) is 50.0 Å². The molecule has 8 nitrogen and oxygen atoms in total. The molecule has 1 aromatic carbocycles. The average molecular weight is 490 g/mol. The predicted octanol–water partition coefficient (Wildman–Crippen LogP) is 4.48. The van der Waals surface area contributed by atoms with Crippen LogP contribution in [0.1, 0.15) is 60.6 Å². The third-order valence-corrected chi connectivity index (χ3v) is 7.66. The molecule has 0 saturated carbocycles. The number of hydrogen-bond donors (Lipinski definition) is 2. The van der Waals surface area contributed by atoms with Crippen LogP contribution in [0.2, 0.25) is 0 Å². The summed E-state index contributed by atoms with van der Waals surface area (Å²) in [5, 5.41) is 1.54. The number of methoxy groups -OCH3 is 1. The number of aromatic amines is 1. The largest absolute Gasteiger partial charge is 0.465 e. The van der Waals surface area contributed by atoms with Gasteiger partial charge in [0.2, 0.25) is 10.0 Å². The zero-order chi connectivity index (χ0) is 23.8. The average Bonchev–Trinajstić information content (AvgIpc) is 3.48. The molecule has 3 aromatic rings. The fourth-order valence-electron chi connectivity index (χ4n) is 3.43. The maximum absolute atomic E-state index is 13.2. The van der Waals surface area contributed by atoms with Crippen LogP contribution in [0.4, 0.5) is 0 Å². The van der Waals surface area contributed by atoms with Crippen LogP contribution in [-0.4, -0.2) is 37.2 Å². The minimum absolute atomic E-state index is 0.0228. The zero-order valence-corrected chi connectivity index (χ0v) is 20.2. The van der Waals surface area contributed by atoms with Crippen LogP contribution in [0.3, 0.4) is 0 Å². The Hall–Kier alpha value is -2.82. The lowest BCUT2D eigenvalue weighted by atomic mass is 10.1. The van der Waals surface area contributed by atoms with Gasteiger partial charge in [-0.3, -0.25) is 0 Å². The van der Waals surface area contributed by atoms with E-state index in [4.69, 9.17) is 4.74 Å². The Labute approximate surface area is 197 Å². The Morgan fingerprint density at radius 2 is 1.91 bits per heavy atom. The van der Waals surface area contributed by atoms with Crippen molar-refractivity contribution in [3.8, 4) is 11.3 Å². The van der Waals surface area contributed by atoms with E-state index in [-0.39, 0.29) is 15.6 Å². The molecule has 2 heterocycles. The molecule has 1 atom stereocenters. The Kier molecular flexibility index (Phi) is 8.54. The molecule has 2 N–H and O–H groups in total. The van der Waals surface area contributed by atoms with Gasteiger partial charge < -0.3 is 14.5 Å². The first-order valence-corrected chi connectivity index (χ1v) is 13.0. The first-order valence-electron chi connectivity index (χ1n) is 10.6. The smallest absolute Gasteiger partial charge is 0.349 e. The number of H-pyrrole nitrogens is 1. The highest BCUT2D eigenvalue weighted by atomic mass is 32.2. The number of imidazole rings is 1. The van der Waals surface area contributed by atoms with Crippen LogP contribution in [-0.2, 0) is 19.6 Å². The summed E-state index contributed by atoms with van der Waals surface area (Å²) in [7, 11) is -2.80. The lowest BCUT2D eigenvalue weighted by molar-refractivity contribution is -0.117. The Bertz CT molecular complexity index is 1190. The third-order valence-electron chi connectivity index (χ3n) is 5.12. The monoisotopic (exact) mass is 489 g/mol. The second kappa shape index (κ2) is 11.4. The number of ether oxygens (including phenoxy) is 1. The van der Waals surface area contributed by atoms with Gasteiger partial charge in [0.15, 0.2) is 0 Å². The number of esters is 1. The van der Waals surface area contributed by atoms with E-state index < -0.39 is 22.0 Å². The van der Waals surface area contributed by atoms with Gasteiger partial charge in [0.1, 0.15) is 21.4 Å². The standard InChI is InChI=1S/C23H27N3O5S2/c1-16(27)9-5-3-8-12-18(22-24-15-19(25-22)17-10-6-4-7-11-17)26-33(29,30)20-13-14-32-21(20)23(28)31-2/h4,6-7,10-11,13-15,18,26H,3,5,8-9,12H2,1-2H3,(H,24,25)/t18-/m0/s1. The molecule has 3 rings (SSSR count). The minimum Gasteiger partial charge on any atom is -0.465 e. The number of carbonyl (C=O) groups excluding carboxylic acids is 2. The highest BCUT2D eigenvalue weighted by Crippen LogP contribution is 2.27. The van der Waals surface area contributed by atoms with Gasteiger partial charge >= 0.3 is 5.97 Å². The van der Waals surface area contributed by atoms with Crippen molar-refractivity contribution in [3.63, 3.8) is 0 Å². The summed E-state index contributed by atoms with van der Waals surface area (Å²) in [5.74, 6) is -0.0760. The maximum atomic E-state index is 13.2. The number of aromatic nitrogens is 2. The van der Waals surface area contributed by atoms with Crippen molar-refractivity contribution in [2.75, 3.05) is 7.11 Å². The Balaban J connectivity index is 1.83. The van der Waals surface area contributed by atoms with Crippen molar-refractivity contribution in [1.29, 1.82) is 0 Å². The van der Waals surface area contributed by atoms with Crippen LogP contribution in [0.25, 0.3) is 11.3 Å². The molecule has 0 aliphatic rings. The van der Waals surface area contributed by atoms with E-state index in [1.165, 1.54) is 18.6 Å². The normalized spacial score (nSPS) is 12.4. The number of nitrogens with one attached hydrogen (secondary N) is 2. The van der Waals surface area contributed by atoms with Gasteiger partial charge in [-0.1, -0.05) is 43.2 Å². The molecule has 176 valence electrons. The summed E-state index contributed by atoms with van der Waals surface area (Å²) in [6.45, 7) is 1.56. The molecule has 33 heavy (non-hydrogen) atoms. The van der Waals surface area contributed by atoms with Gasteiger partial charge in [-0.05, 0) is 36.8 Å². The van der Waals surface area contributed by atoms with Crippen molar-refractivity contribution in [3.05, 3.63) is 58.7 Å². The van der Waals surface area contributed by atoms with E-state index >= 15 is 0 Å². The Morgan fingerprint density at radius 1 is 1.15 bits per heavy atom. The predicted molar refractivity (Wildman–Crippen MR) is 127 cm³/mol. The van der Waals surface area contributed by atoms with E-state index in [1.54, 1.807) is 13.1 Å². The lowest BCUT2D eigenvalue weighted by Gasteiger charge is -2.17. The van der Waals surface area contributed by atoms with Crippen LogP contribution < -0.4 is 4.72 Å². The number of benzene rings is 1. The van der Waals surface area contributed by atoms with Gasteiger partial charge in [-0.15, -0.1) is 11.3 Å². The molecule has 0 radical (unpaired) electrons. The number of unbranched alkanes of at least 4 members (excludes halogenated alkanes) is 2. The molecule has 2 aromatic heterocycles. The molecule has 0 bridgehead atoms. The van der Waals surface area contributed by atoms with Crippen LogP contribution in [0.5, 0.6) is 0 Å². The van der Waals surface area contributed by atoms with Crippen LogP contribution in [0, 0.1) is 0 Å². The third kappa shape index (κ3) is 6.59. The molecule has 0 spiro atoms. The maximum Gasteiger partial charge on any atom is 0.349 e. The summed E-state index contributed by atoms with van der Waals surface area (Å²) >= 11 is 1.01. The second-order valence-electron chi connectivity index (χ2n) is 7.63. The van der Waals surface area contributed by atoms with Crippen LogP contribution >= 0.6 is 11.3 Å². The molecular formula is C23H27N3O5S2. The van der Waals surface area contributed by atoms with Gasteiger partial charge in [0, 0.05) is 6.42 Å². The van der Waals surface area contributed by atoms with Gasteiger partial charge in [0.25, 0.3) is 0 Å². The fourth-order valence-corrected chi connectivity index (χ4v) is 6.00. The van der Waals surface area contributed by atoms with E-state index in [2.05, 4.69) is 14.7 Å². The number of hydrogen-bond acceptors (Lipinski definition) is 7. The summed E-state index contributed by atoms with van der Waals surface area (Å²) < 4.78 is 33.8. The number of thiophene rings is 1. The number of sulfonamides is 1. The lowest BCUT2D eigenvalue weighted by Crippen LogP contribution is -2.30. The van der Waals surface area contributed by atoms with Crippen LogP contribution in [0.15, 0.2) is 52.9 Å². The minimum atomic E-state index is -4.02. The van der Waals surface area contributed by atoms with E-state index in [9.17, 15) is 18.0 Å². The molecule has 0 aliphatic carbocycles. The number of nitrogens with zero attached hydrogens (tertiary/aromatic N) is 1. The van der Waals surface area contributed by atoms with E-state index in [1.807, 2.05) is 30.3 Å². The summed E-state index contributed by atoms with van der Waals surface area (Å²) in [6.07, 6.45) is 4.90. The molecule has 0 unspecified atom stereocenters. The SMILES string of the molecule is COC(=O)c1sccc1S(=O)(=O)N[C@@H](CCCCCC(C)=O)c1ncc(-c2ccccc2)[nH]1. The zero-order valence-electron chi connectivity index (χ0n) is 18.5. The summed E-state index contributed by atoms with van der Waals surface area (Å²) in [5.41, 5.74) is 1.71.